The van der Waals surface area contributed by atoms with Gasteiger partial charge in [0.2, 0.25) is 0 Å². The summed E-state index contributed by atoms with van der Waals surface area (Å²) in [7, 11) is -2.86. The van der Waals surface area contributed by atoms with Gasteiger partial charge in [-0.15, -0.1) is 0 Å². The topological polar surface area (TPSA) is 52.6 Å². The van der Waals surface area contributed by atoms with Gasteiger partial charge in [0.25, 0.3) is 0 Å². The van der Waals surface area contributed by atoms with Gasteiger partial charge in [-0.3, -0.25) is 9.36 Å². The Morgan fingerprint density at radius 2 is 1.85 bits per heavy atom. The highest BCUT2D eigenvalue weighted by Crippen LogP contribution is 2.48. The molecular weight excluding hydrogens is 275 g/mol. The Morgan fingerprint density at radius 3 is 2.45 bits per heavy atom. The van der Waals surface area contributed by atoms with Crippen LogP contribution in [0, 0.1) is 5.92 Å². The molecule has 0 bridgehead atoms. The molecule has 0 saturated heterocycles. The molecule has 1 aliphatic carbocycles. The lowest BCUT2D eigenvalue weighted by molar-refractivity contribution is -0.121. The smallest absolute Gasteiger partial charge is 0.309 e. The van der Waals surface area contributed by atoms with Crippen LogP contribution in [0.3, 0.4) is 0 Å². The minimum absolute atomic E-state index is 0.429. The lowest BCUT2D eigenvalue weighted by Crippen LogP contribution is -2.14. The molecule has 0 aromatic heterocycles. The quantitative estimate of drug-likeness (QED) is 0.438. The van der Waals surface area contributed by atoms with E-state index in [1.807, 2.05) is 13.8 Å². The zero-order chi connectivity index (χ0) is 14.8. The number of unbranched alkanes of at least 4 members (excludes halogenated alkanes) is 2. The number of carbonyl (C=O) groups is 1. The normalized spacial score (nSPS) is 20.3. The molecule has 1 fully saturated rings. The molecule has 1 rings (SSSR count). The lowest BCUT2D eigenvalue weighted by Gasteiger charge is -2.20. The molecule has 118 valence electrons. The van der Waals surface area contributed by atoms with E-state index in [0.717, 1.165) is 44.9 Å². The number of hydrogen-bond donors (Lipinski definition) is 0. The Kier molecular flexibility index (Phi) is 8.67. The van der Waals surface area contributed by atoms with E-state index in [2.05, 4.69) is 0 Å². The highest BCUT2D eigenvalue weighted by atomic mass is 31.2. The molecule has 4 nitrogen and oxygen atoms in total. The van der Waals surface area contributed by atoms with E-state index >= 15 is 0 Å². The summed E-state index contributed by atoms with van der Waals surface area (Å²) < 4.78 is 22.8. The fraction of sp³-hybridized carbons (Fsp3) is 0.933. The summed E-state index contributed by atoms with van der Waals surface area (Å²) in [6.45, 7) is 4.54. The monoisotopic (exact) mass is 304 g/mol. The maximum atomic E-state index is 12.2. The van der Waals surface area contributed by atoms with Crippen LogP contribution in [-0.2, 0) is 18.4 Å². The van der Waals surface area contributed by atoms with Crippen molar-refractivity contribution in [1.29, 1.82) is 0 Å². The van der Waals surface area contributed by atoms with Crippen molar-refractivity contribution in [2.75, 3.05) is 19.4 Å². The van der Waals surface area contributed by atoms with Gasteiger partial charge in [0.05, 0.1) is 19.4 Å². The summed E-state index contributed by atoms with van der Waals surface area (Å²) in [5, 5.41) is 0. The molecule has 0 aromatic carbocycles. The number of carbonyl (C=O) groups excluding carboxylic acids is 1. The molecule has 20 heavy (non-hydrogen) atoms. The Labute approximate surface area is 123 Å². The van der Waals surface area contributed by atoms with Gasteiger partial charge in [0, 0.05) is 12.8 Å². The molecular formula is C15H29O4P. The Morgan fingerprint density at radius 1 is 1.15 bits per heavy atom. The van der Waals surface area contributed by atoms with Crippen LogP contribution in [0.1, 0.15) is 65.2 Å². The molecule has 1 unspecified atom stereocenters. The Hall–Kier alpha value is -0.180. The third kappa shape index (κ3) is 7.01. The second-order valence-corrected chi connectivity index (χ2v) is 7.71. The molecule has 0 spiro atoms. The Bertz CT molecular complexity index is 320. The maximum Gasteiger partial charge on any atom is 0.330 e. The average Bonchev–Trinajstić information content (AvgIpc) is 2.39. The van der Waals surface area contributed by atoms with E-state index in [0.29, 0.717) is 31.1 Å². The molecule has 5 heteroatoms. The zero-order valence-electron chi connectivity index (χ0n) is 12.9. The first kappa shape index (κ1) is 17.9. The zero-order valence-corrected chi connectivity index (χ0v) is 13.8. The predicted octanol–water partition coefficient (Wildman–Crippen LogP) is 4.57. The van der Waals surface area contributed by atoms with Gasteiger partial charge in [-0.1, -0.05) is 19.3 Å². The summed E-state index contributed by atoms with van der Waals surface area (Å²) in [6, 6.07) is 0. The van der Waals surface area contributed by atoms with Gasteiger partial charge in [-0.25, -0.2) is 0 Å². The van der Waals surface area contributed by atoms with E-state index < -0.39 is 7.60 Å². The van der Waals surface area contributed by atoms with Gasteiger partial charge in [0.1, 0.15) is 5.78 Å². The molecule has 1 saturated carbocycles. The van der Waals surface area contributed by atoms with Crippen LogP contribution in [0.4, 0.5) is 0 Å². The summed E-state index contributed by atoms with van der Waals surface area (Å²) in [4.78, 5) is 11.4. The molecule has 0 heterocycles. The van der Waals surface area contributed by atoms with Gasteiger partial charge in [-0.05, 0) is 39.0 Å². The van der Waals surface area contributed by atoms with Crippen LogP contribution in [0.2, 0.25) is 0 Å². The van der Waals surface area contributed by atoms with Crippen molar-refractivity contribution >= 4 is 13.4 Å². The first-order valence-corrected chi connectivity index (χ1v) is 9.72. The summed E-state index contributed by atoms with van der Waals surface area (Å²) in [6.07, 6.45) is 8.47. The van der Waals surface area contributed by atoms with Crippen LogP contribution in [-0.4, -0.2) is 25.2 Å². The predicted molar refractivity (Wildman–Crippen MR) is 81.2 cm³/mol. The third-order valence-electron chi connectivity index (χ3n) is 3.78. The van der Waals surface area contributed by atoms with Crippen molar-refractivity contribution in [1.82, 2.24) is 0 Å². The second kappa shape index (κ2) is 9.70. The third-order valence-corrected chi connectivity index (χ3v) is 5.95. The lowest BCUT2D eigenvalue weighted by atomic mass is 9.85. The first-order chi connectivity index (χ1) is 9.59. The number of ketones is 1. The number of hydrogen-bond acceptors (Lipinski definition) is 4. The van der Waals surface area contributed by atoms with Crippen molar-refractivity contribution in [3.05, 3.63) is 0 Å². The van der Waals surface area contributed by atoms with Crippen molar-refractivity contribution in [2.24, 2.45) is 5.92 Å². The van der Waals surface area contributed by atoms with Crippen LogP contribution < -0.4 is 0 Å². The van der Waals surface area contributed by atoms with Crippen molar-refractivity contribution < 1.29 is 18.4 Å². The molecule has 1 aliphatic rings. The van der Waals surface area contributed by atoms with Crippen LogP contribution in [0.5, 0.6) is 0 Å². The maximum absolute atomic E-state index is 12.2. The highest BCUT2D eigenvalue weighted by molar-refractivity contribution is 7.53. The van der Waals surface area contributed by atoms with Gasteiger partial charge >= 0.3 is 7.60 Å². The molecule has 0 aromatic rings. The highest BCUT2D eigenvalue weighted by Gasteiger charge is 2.23. The molecule has 1 atom stereocenters. The van der Waals surface area contributed by atoms with E-state index in [9.17, 15) is 9.36 Å². The van der Waals surface area contributed by atoms with E-state index in [1.54, 1.807) is 0 Å². The molecule has 0 aliphatic heterocycles. The van der Waals surface area contributed by atoms with E-state index in [-0.39, 0.29) is 0 Å². The fourth-order valence-corrected chi connectivity index (χ4v) is 4.57. The summed E-state index contributed by atoms with van der Waals surface area (Å²) in [5.41, 5.74) is 0. The molecule has 0 N–H and O–H groups in total. The van der Waals surface area contributed by atoms with Crippen LogP contribution >= 0.6 is 7.60 Å². The van der Waals surface area contributed by atoms with E-state index in [4.69, 9.17) is 9.05 Å². The fourth-order valence-electron chi connectivity index (χ4n) is 2.84. The minimum atomic E-state index is -2.86. The standard InChI is InChI=1S/C15H29O4P/c1-3-18-20(17,19-4-2)12-7-5-6-9-14-10-8-11-15(16)13-14/h14H,3-13H2,1-2H3. The molecule has 0 radical (unpaired) electrons. The number of rotatable bonds is 10. The second-order valence-electron chi connectivity index (χ2n) is 5.52. The minimum Gasteiger partial charge on any atom is -0.309 e. The Balaban J connectivity index is 2.14. The van der Waals surface area contributed by atoms with Crippen molar-refractivity contribution in [3.63, 3.8) is 0 Å². The molecule has 0 amide bonds. The van der Waals surface area contributed by atoms with E-state index in [1.165, 1.54) is 6.42 Å². The summed E-state index contributed by atoms with van der Waals surface area (Å²) >= 11 is 0. The van der Waals surface area contributed by atoms with Gasteiger partial charge < -0.3 is 9.05 Å². The van der Waals surface area contributed by atoms with Gasteiger partial charge in [0.15, 0.2) is 0 Å². The average molecular weight is 304 g/mol. The van der Waals surface area contributed by atoms with Crippen molar-refractivity contribution in [3.8, 4) is 0 Å². The van der Waals surface area contributed by atoms with Crippen LogP contribution in [0.15, 0.2) is 0 Å². The largest absolute Gasteiger partial charge is 0.330 e. The van der Waals surface area contributed by atoms with Crippen LogP contribution in [0.25, 0.3) is 0 Å². The number of Topliss-reactive ketones (excluding diaryl/α,β-unsaturated/α-hetero) is 1. The summed E-state index contributed by atoms with van der Waals surface area (Å²) in [5.74, 6) is 1.01. The van der Waals surface area contributed by atoms with Gasteiger partial charge in [-0.2, -0.15) is 0 Å². The first-order valence-electron chi connectivity index (χ1n) is 7.99. The van der Waals surface area contributed by atoms with Crippen molar-refractivity contribution in [2.45, 2.75) is 65.2 Å². The SMILES string of the molecule is CCOP(=O)(CCCCCC1CCCC(=O)C1)OCC.